The predicted molar refractivity (Wildman–Crippen MR) is 85.4 cm³/mol. The van der Waals surface area contributed by atoms with E-state index in [4.69, 9.17) is 0 Å². The van der Waals surface area contributed by atoms with Crippen LogP contribution < -0.4 is 5.32 Å². The van der Waals surface area contributed by atoms with Gasteiger partial charge in [-0.05, 0) is 19.4 Å². The lowest BCUT2D eigenvalue weighted by molar-refractivity contribution is 0.0469. The Labute approximate surface area is 130 Å². The van der Waals surface area contributed by atoms with Crippen LogP contribution >= 0.6 is 0 Å². The van der Waals surface area contributed by atoms with Crippen molar-refractivity contribution in [3.63, 3.8) is 0 Å². The molecule has 2 amide bonds. The van der Waals surface area contributed by atoms with Gasteiger partial charge < -0.3 is 10.0 Å². The predicted octanol–water partition coefficient (Wildman–Crippen LogP) is 2.23. The van der Waals surface area contributed by atoms with Crippen molar-refractivity contribution in [2.24, 2.45) is 7.05 Å². The average Bonchev–Trinajstić information content (AvgIpc) is 2.83. The summed E-state index contributed by atoms with van der Waals surface area (Å²) >= 11 is 0. The Morgan fingerprint density at radius 3 is 2.55 bits per heavy atom. The first-order valence-corrected chi connectivity index (χ1v) is 7.15. The van der Waals surface area contributed by atoms with Crippen molar-refractivity contribution in [1.82, 2.24) is 14.7 Å². The Bertz CT molecular complexity index is 617. The maximum atomic E-state index is 12.5. The van der Waals surface area contributed by atoms with Gasteiger partial charge in [-0.2, -0.15) is 5.10 Å². The molecule has 0 saturated carbocycles. The summed E-state index contributed by atoms with van der Waals surface area (Å²) in [5, 5.41) is 16.9. The first-order chi connectivity index (χ1) is 10.3. The summed E-state index contributed by atoms with van der Waals surface area (Å²) in [5.74, 6) is 0.487. The standard InChI is InChI=1S/C16H22N4O2/c1-16(2,22)12-20(11-13-7-5-4-6-8-13)15(21)17-14-9-10-19(3)18-14/h4-10,22H,11-12H2,1-3H3,(H,17,18,21). The molecule has 1 aromatic carbocycles. The molecule has 22 heavy (non-hydrogen) atoms. The van der Waals surface area contributed by atoms with Crippen molar-refractivity contribution in [3.05, 3.63) is 48.2 Å². The lowest BCUT2D eigenvalue weighted by atomic mass is 10.1. The van der Waals surface area contributed by atoms with Gasteiger partial charge in [0.2, 0.25) is 0 Å². The maximum absolute atomic E-state index is 12.5. The summed E-state index contributed by atoms with van der Waals surface area (Å²) in [4.78, 5) is 14.0. The van der Waals surface area contributed by atoms with Gasteiger partial charge in [-0.1, -0.05) is 30.3 Å². The molecule has 0 aliphatic carbocycles. The quantitative estimate of drug-likeness (QED) is 0.889. The van der Waals surface area contributed by atoms with Gasteiger partial charge in [0.15, 0.2) is 5.82 Å². The Balaban J connectivity index is 2.10. The first-order valence-electron chi connectivity index (χ1n) is 7.15. The highest BCUT2D eigenvalue weighted by Gasteiger charge is 2.23. The van der Waals surface area contributed by atoms with Gasteiger partial charge in [0.05, 0.1) is 12.1 Å². The number of hydrogen-bond donors (Lipinski definition) is 2. The van der Waals surface area contributed by atoms with Crippen LogP contribution in [0.15, 0.2) is 42.6 Å². The van der Waals surface area contributed by atoms with Crippen molar-refractivity contribution in [1.29, 1.82) is 0 Å². The summed E-state index contributed by atoms with van der Waals surface area (Å²) in [7, 11) is 1.79. The molecule has 0 unspecified atom stereocenters. The van der Waals surface area contributed by atoms with E-state index in [9.17, 15) is 9.90 Å². The molecule has 1 aromatic heterocycles. The molecule has 0 saturated heterocycles. The van der Waals surface area contributed by atoms with E-state index in [0.717, 1.165) is 5.56 Å². The molecule has 0 aliphatic heterocycles. The van der Waals surface area contributed by atoms with E-state index in [1.165, 1.54) is 0 Å². The highest BCUT2D eigenvalue weighted by Crippen LogP contribution is 2.12. The summed E-state index contributed by atoms with van der Waals surface area (Å²) in [6, 6.07) is 11.1. The Hall–Kier alpha value is -2.34. The molecule has 2 rings (SSSR count). The maximum Gasteiger partial charge on any atom is 0.323 e. The number of nitrogens with one attached hydrogen (secondary N) is 1. The number of hydrogen-bond acceptors (Lipinski definition) is 3. The van der Waals surface area contributed by atoms with Gasteiger partial charge in [0, 0.05) is 25.9 Å². The lowest BCUT2D eigenvalue weighted by Gasteiger charge is -2.29. The highest BCUT2D eigenvalue weighted by atomic mass is 16.3. The summed E-state index contributed by atoms with van der Waals surface area (Å²) < 4.78 is 1.62. The average molecular weight is 302 g/mol. The topological polar surface area (TPSA) is 70.4 Å². The number of rotatable bonds is 5. The number of aryl methyl sites for hydroxylation is 1. The molecule has 6 nitrogen and oxygen atoms in total. The van der Waals surface area contributed by atoms with Crippen LogP contribution in [0.3, 0.4) is 0 Å². The minimum absolute atomic E-state index is 0.223. The molecule has 2 aromatic rings. The van der Waals surface area contributed by atoms with Crippen molar-refractivity contribution in [3.8, 4) is 0 Å². The lowest BCUT2D eigenvalue weighted by Crippen LogP contribution is -2.43. The molecular formula is C16H22N4O2. The van der Waals surface area contributed by atoms with Crippen LogP contribution in [-0.4, -0.2) is 38.0 Å². The number of aromatic nitrogens is 2. The smallest absolute Gasteiger partial charge is 0.323 e. The largest absolute Gasteiger partial charge is 0.389 e. The number of amides is 2. The van der Waals surface area contributed by atoms with Gasteiger partial charge in [-0.25, -0.2) is 4.79 Å². The van der Waals surface area contributed by atoms with Crippen LogP contribution in [0.25, 0.3) is 0 Å². The number of nitrogens with zero attached hydrogens (tertiary/aromatic N) is 3. The van der Waals surface area contributed by atoms with Crippen LogP contribution in [0.4, 0.5) is 10.6 Å². The van der Waals surface area contributed by atoms with Crippen molar-refractivity contribution >= 4 is 11.8 Å². The number of carbonyl (C=O) groups excluding carboxylic acids is 1. The molecule has 0 spiro atoms. The molecule has 2 N–H and O–H groups in total. The summed E-state index contributed by atoms with van der Waals surface area (Å²) in [6.07, 6.45) is 1.76. The van der Waals surface area contributed by atoms with E-state index in [1.54, 1.807) is 42.7 Å². The Morgan fingerprint density at radius 2 is 2.00 bits per heavy atom. The molecule has 0 radical (unpaired) electrons. The molecule has 6 heteroatoms. The molecular weight excluding hydrogens is 280 g/mol. The van der Waals surface area contributed by atoms with Crippen LogP contribution in [0.5, 0.6) is 0 Å². The third kappa shape index (κ3) is 4.89. The molecule has 0 bridgehead atoms. The zero-order valence-corrected chi connectivity index (χ0v) is 13.2. The molecule has 1 heterocycles. The normalized spacial score (nSPS) is 11.3. The van der Waals surface area contributed by atoms with E-state index in [0.29, 0.717) is 12.4 Å². The molecule has 0 atom stereocenters. The van der Waals surface area contributed by atoms with Gasteiger partial charge in [-0.15, -0.1) is 0 Å². The van der Waals surface area contributed by atoms with Crippen molar-refractivity contribution < 1.29 is 9.90 Å². The van der Waals surface area contributed by atoms with Crippen LogP contribution in [-0.2, 0) is 13.6 Å². The molecule has 0 fully saturated rings. The van der Waals surface area contributed by atoms with Crippen LogP contribution in [0, 0.1) is 0 Å². The van der Waals surface area contributed by atoms with Gasteiger partial charge in [-0.3, -0.25) is 10.00 Å². The monoisotopic (exact) mass is 302 g/mol. The third-order valence-electron chi connectivity index (χ3n) is 3.03. The Morgan fingerprint density at radius 1 is 1.32 bits per heavy atom. The zero-order chi connectivity index (χ0) is 16.2. The van der Waals surface area contributed by atoms with E-state index >= 15 is 0 Å². The number of urea groups is 1. The fraction of sp³-hybridized carbons (Fsp3) is 0.375. The number of anilines is 1. The number of carbonyl (C=O) groups is 1. The summed E-state index contributed by atoms with van der Waals surface area (Å²) in [6.45, 7) is 4.00. The van der Waals surface area contributed by atoms with Crippen LogP contribution in [0.1, 0.15) is 19.4 Å². The second-order valence-electron chi connectivity index (χ2n) is 5.96. The van der Waals surface area contributed by atoms with Gasteiger partial charge in [0.25, 0.3) is 0 Å². The second kappa shape index (κ2) is 6.62. The fourth-order valence-electron chi connectivity index (χ4n) is 2.14. The number of benzene rings is 1. The van der Waals surface area contributed by atoms with E-state index in [-0.39, 0.29) is 12.6 Å². The fourth-order valence-corrected chi connectivity index (χ4v) is 2.14. The minimum atomic E-state index is -0.976. The van der Waals surface area contributed by atoms with E-state index < -0.39 is 5.60 Å². The Kier molecular flexibility index (Phi) is 4.82. The van der Waals surface area contributed by atoms with Crippen molar-refractivity contribution in [2.45, 2.75) is 26.0 Å². The van der Waals surface area contributed by atoms with Gasteiger partial charge >= 0.3 is 6.03 Å². The van der Waals surface area contributed by atoms with E-state index in [2.05, 4.69) is 10.4 Å². The number of aliphatic hydroxyl groups is 1. The van der Waals surface area contributed by atoms with E-state index in [1.807, 2.05) is 30.3 Å². The highest BCUT2D eigenvalue weighted by molar-refractivity contribution is 5.88. The molecule has 0 aliphatic rings. The summed E-state index contributed by atoms with van der Waals surface area (Å²) in [5.41, 5.74) is 0.0267. The second-order valence-corrected chi connectivity index (χ2v) is 5.96. The first kappa shape index (κ1) is 16.0. The minimum Gasteiger partial charge on any atom is -0.389 e. The van der Waals surface area contributed by atoms with Gasteiger partial charge in [0.1, 0.15) is 0 Å². The zero-order valence-electron chi connectivity index (χ0n) is 13.2. The molecule has 118 valence electrons. The van der Waals surface area contributed by atoms with Crippen molar-refractivity contribution in [2.75, 3.05) is 11.9 Å². The SMILES string of the molecule is Cn1ccc(NC(=O)N(Cc2ccccc2)CC(C)(C)O)n1. The van der Waals surface area contributed by atoms with Crippen LogP contribution in [0.2, 0.25) is 0 Å². The third-order valence-corrected chi connectivity index (χ3v) is 3.03.